The first-order valence-corrected chi connectivity index (χ1v) is 4.94. The Labute approximate surface area is 91.4 Å². The fourth-order valence-corrected chi connectivity index (χ4v) is 1.61. The van der Waals surface area contributed by atoms with Gasteiger partial charge >= 0.3 is 0 Å². The van der Waals surface area contributed by atoms with Crippen molar-refractivity contribution in [3.63, 3.8) is 0 Å². The molecule has 1 N–H and O–H groups in total. The second-order valence-electron chi connectivity index (χ2n) is 2.66. The van der Waals surface area contributed by atoms with Gasteiger partial charge in [-0.2, -0.15) is 0 Å². The van der Waals surface area contributed by atoms with Gasteiger partial charge < -0.3 is 8.43 Å². The SMILES string of the molecule is CN(C)c1ccc(NI)cc1Cl. The maximum absolute atomic E-state index is 6.02. The third-order valence-electron chi connectivity index (χ3n) is 1.54. The van der Waals surface area contributed by atoms with E-state index in [2.05, 4.69) is 26.4 Å². The summed E-state index contributed by atoms with van der Waals surface area (Å²) in [5, 5.41) is 0.765. The van der Waals surface area contributed by atoms with E-state index in [4.69, 9.17) is 11.6 Å². The highest BCUT2D eigenvalue weighted by molar-refractivity contribution is 14.1. The molecule has 0 aromatic heterocycles. The zero-order valence-electron chi connectivity index (χ0n) is 6.94. The van der Waals surface area contributed by atoms with Crippen LogP contribution in [-0.4, -0.2) is 14.1 Å². The Morgan fingerprint density at radius 2 is 2.08 bits per heavy atom. The Balaban J connectivity index is 3.03. The molecule has 66 valence electrons. The maximum Gasteiger partial charge on any atom is 0.0660 e. The summed E-state index contributed by atoms with van der Waals surface area (Å²) in [6, 6.07) is 5.89. The highest BCUT2D eigenvalue weighted by Crippen LogP contribution is 2.27. The molecule has 0 atom stereocenters. The quantitative estimate of drug-likeness (QED) is 0.666. The smallest absolute Gasteiger partial charge is 0.0660 e. The van der Waals surface area contributed by atoms with Crippen LogP contribution < -0.4 is 8.43 Å². The minimum Gasteiger partial charge on any atom is -0.376 e. The van der Waals surface area contributed by atoms with E-state index in [0.29, 0.717) is 0 Å². The van der Waals surface area contributed by atoms with Crippen molar-refractivity contribution in [2.24, 2.45) is 0 Å². The molecular formula is C8H10ClIN2. The van der Waals surface area contributed by atoms with Gasteiger partial charge in [-0.25, -0.2) is 0 Å². The zero-order chi connectivity index (χ0) is 9.14. The minimum absolute atomic E-state index is 0.765. The van der Waals surface area contributed by atoms with E-state index in [-0.39, 0.29) is 0 Å². The lowest BCUT2D eigenvalue weighted by Crippen LogP contribution is -2.08. The molecule has 0 amide bonds. The zero-order valence-corrected chi connectivity index (χ0v) is 9.85. The molecule has 1 aromatic carbocycles. The fraction of sp³-hybridized carbons (Fsp3) is 0.250. The Kier molecular flexibility index (Phi) is 3.46. The molecule has 0 saturated carbocycles. The summed E-state index contributed by atoms with van der Waals surface area (Å²) < 4.78 is 3.00. The molecule has 1 aromatic rings. The topological polar surface area (TPSA) is 15.3 Å². The van der Waals surface area contributed by atoms with Crippen LogP contribution in [-0.2, 0) is 0 Å². The highest BCUT2D eigenvalue weighted by Gasteiger charge is 2.01. The van der Waals surface area contributed by atoms with Crippen LogP contribution in [0.4, 0.5) is 11.4 Å². The van der Waals surface area contributed by atoms with Crippen molar-refractivity contribution in [3.8, 4) is 0 Å². The van der Waals surface area contributed by atoms with E-state index >= 15 is 0 Å². The van der Waals surface area contributed by atoms with Gasteiger partial charge in [-0.3, -0.25) is 0 Å². The first kappa shape index (κ1) is 9.92. The monoisotopic (exact) mass is 296 g/mol. The van der Waals surface area contributed by atoms with E-state index in [1.807, 2.05) is 37.2 Å². The molecule has 0 spiro atoms. The Morgan fingerprint density at radius 1 is 1.42 bits per heavy atom. The molecule has 2 nitrogen and oxygen atoms in total. The molecule has 0 bridgehead atoms. The van der Waals surface area contributed by atoms with Crippen molar-refractivity contribution in [2.45, 2.75) is 0 Å². The van der Waals surface area contributed by atoms with Crippen LogP contribution in [0.25, 0.3) is 0 Å². The van der Waals surface area contributed by atoms with E-state index in [0.717, 1.165) is 16.4 Å². The van der Waals surface area contributed by atoms with Crippen molar-refractivity contribution < 1.29 is 0 Å². The summed E-state index contributed by atoms with van der Waals surface area (Å²) in [7, 11) is 3.94. The third kappa shape index (κ3) is 2.17. The largest absolute Gasteiger partial charge is 0.376 e. The summed E-state index contributed by atoms with van der Waals surface area (Å²) in [6.07, 6.45) is 0. The van der Waals surface area contributed by atoms with Gasteiger partial charge in [0.2, 0.25) is 0 Å². The predicted molar refractivity (Wildman–Crippen MR) is 63.4 cm³/mol. The average molecular weight is 297 g/mol. The second-order valence-corrected chi connectivity index (χ2v) is 3.60. The van der Waals surface area contributed by atoms with Crippen LogP contribution >= 0.6 is 34.5 Å². The van der Waals surface area contributed by atoms with Gasteiger partial charge in [-0.15, -0.1) is 0 Å². The summed E-state index contributed by atoms with van der Waals surface area (Å²) in [6.45, 7) is 0. The van der Waals surface area contributed by atoms with Gasteiger partial charge in [0.15, 0.2) is 0 Å². The Hall–Kier alpha value is -0.160. The lowest BCUT2D eigenvalue weighted by Gasteiger charge is -2.14. The van der Waals surface area contributed by atoms with E-state index in [9.17, 15) is 0 Å². The van der Waals surface area contributed by atoms with E-state index < -0.39 is 0 Å². The van der Waals surface area contributed by atoms with Crippen LogP contribution in [0.5, 0.6) is 0 Å². The molecule has 0 saturated heterocycles. The molecule has 0 fully saturated rings. The van der Waals surface area contributed by atoms with Crippen molar-refractivity contribution in [1.29, 1.82) is 0 Å². The number of anilines is 2. The lowest BCUT2D eigenvalue weighted by atomic mass is 10.3. The Morgan fingerprint density at radius 3 is 2.50 bits per heavy atom. The number of benzene rings is 1. The Bertz CT molecular complexity index is 276. The molecule has 12 heavy (non-hydrogen) atoms. The summed E-state index contributed by atoms with van der Waals surface area (Å²) in [5.74, 6) is 0. The molecular weight excluding hydrogens is 286 g/mol. The van der Waals surface area contributed by atoms with Crippen LogP contribution in [0.3, 0.4) is 0 Å². The summed E-state index contributed by atoms with van der Waals surface area (Å²) in [5.41, 5.74) is 2.05. The first-order chi connectivity index (χ1) is 5.65. The standard InChI is InChI=1S/C8H10ClIN2/c1-12(2)8-4-3-6(11-10)5-7(8)9/h3-5,11H,1-2H3. The van der Waals surface area contributed by atoms with Crippen molar-refractivity contribution in [2.75, 3.05) is 22.5 Å². The minimum atomic E-state index is 0.765. The second kappa shape index (κ2) is 4.18. The average Bonchev–Trinajstić information content (AvgIpc) is 2.03. The lowest BCUT2D eigenvalue weighted by molar-refractivity contribution is 1.13. The molecule has 0 unspecified atom stereocenters. The van der Waals surface area contributed by atoms with Crippen LogP contribution in [0.2, 0.25) is 5.02 Å². The van der Waals surface area contributed by atoms with Gasteiger partial charge in [0, 0.05) is 19.8 Å². The maximum atomic E-state index is 6.02. The van der Waals surface area contributed by atoms with Gasteiger partial charge in [0.25, 0.3) is 0 Å². The molecule has 0 radical (unpaired) electrons. The number of hydrogen-bond acceptors (Lipinski definition) is 2. The number of hydrogen-bond donors (Lipinski definition) is 1. The summed E-state index contributed by atoms with van der Waals surface area (Å²) >= 11 is 8.09. The highest BCUT2D eigenvalue weighted by atomic mass is 127. The molecule has 0 aliphatic rings. The molecule has 0 aliphatic heterocycles. The van der Waals surface area contributed by atoms with Gasteiger partial charge in [-0.1, -0.05) is 11.6 Å². The van der Waals surface area contributed by atoms with Crippen LogP contribution in [0.1, 0.15) is 0 Å². The first-order valence-electron chi connectivity index (χ1n) is 3.48. The number of nitrogens with one attached hydrogen (secondary N) is 1. The molecule has 4 heteroatoms. The summed E-state index contributed by atoms with van der Waals surface area (Å²) in [4.78, 5) is 1.99. The normalized spacial score (nSPS) is 9.67. The van der Waals surface area contributed by atoms with E-state index in [1.54, 1.807) is 0 Å². The van der Waals surface area contributed by atoms with Crippen LogP contribution in [0, 0.1) is 0 Å². The fourth-order valence-electron chi connectivity index (χ4n) is 0.928. The van der Waals surface area contributed by atoms with Gasteiger partial charge in [0.05, 0.1) is 33.6 Å². The number of rotatable bonds is 2. The van der Waals surface area contributed by atoms with Crippen molar-refractivity contribution in [3.05, 3.63) is 23.2 Å². The molecule has 1 rings (SSSR count). The van der Waals surface area contributed by atoms with Crippen molar-refractivity contribution >= 4 is 45.8 Å². The van der Waals surface area contributed by atoms with E-state index in [1.165, 1.54) is 0 Å². The predicted octanol–water partition coefficient (Wildman–Crippen LogP) is 3.17. The molecule has 0 aliphatic carbocycles. The number of halogens is 2. The van der Waals surface area contributed by atoms with Gasteiger partial charge in [-0.05, 0) is 18.2 Å². The third-order valence-corrected chi connectivity index (χ3v) is 2.46. The van der Waals surface area contributed by atoms with Crippen molar-refractivity contribution in [1.82, 2.24) is 0 Å². The molecule has 0 heterocycles. The van der Waals surface area contributed by atoms with Gasteiger partial charge in [0.1, 0.15) is 0 Å². The number of nitrogens with zero attached hydrogens (tertiary/aromatic N) is 1. The van der Waals surface area contributed by atoms with Crippen LogP contribution in [0.15, 0.2) is 18.2 Å².